The highest BCUT2D eigenvalue weighted by Crippen LogP contribution is 2.46. The van der Waals surface area contributed by atoms with Gasteiger partial charge in [0.1, 0.15) is 36.1 Å². The Balaban J connectivity index is 1.06. The quantitative estimate of drug-likeness (QED) is 0.146. The minimum absolute atomic E-state index is 0.113. The maximum atomic E-state index is 13.6. The molecule has 16 heteroatoms. The summed E-state index contributed by atoms with van der Waals surface area (Å²) in [6.45, 7) is 9.18. The Kier molecular flexibility index (Phi) is 10.9. The van der Waals surface area contributed by atoms with Gasteiger partial charge in [-0.2, -0.15) is 0 Å². The zero-order valence-electron chi connectivity index (χ0n) is 31.9. The van der Waals surface area contributed by atoms with Crippen LogP contribution in [0.25, 0.3) is 32.3 Å². The minimum atomic E-state index is -0.701. The number of benzene rings is 1. The van der Waals surface area contributed by atoms with Crippen molar-refractivity contribution in [3.05, 3.63) is 53.9 Å². The summed E-state index contributed by atoms with van der Waals surface area (Å²) in [5.74, 6) is 1.66. The number of fused-ring (bicyclic) bond motifs is 3. The lowest BCUT2D eigenvalue weighted by molar-refractivity contribution is -0.136. The maximum Gasteiger partial charge on any atom is 0.407 e. The van der Waals surface area contributed by atoms with E-state index in [1.54, 1.807) is 22.4 Å². The third-order valence-electron chi connectivity index (χ3n) is 10.7. The van der Waals surface area contributed by atoms with Gasteiger partial charge in [-0.05, 0) is 55.7 Å². The van der Waals surface area contributed by atoms with Crippen LogP contribution in [0.3, 0.4) is 0 Å². The van der Waals surface area contributed by atoms with Gasteiger partial charge in [0.25, 0.3) is 0 Å². The number of H-pyrrole nitrogens is 2. The number of likely N-dealkylation sites (tertiary alicyclic amines) is 2. The second-order valence-corrected chi connectivity index (χ2v) is 16.0. The highest BCUT2D eigenvalue weighted by atomic mass is 32.1. The molecule has 3 aliphatic heterocycles. The number of nitrogens with one attached hydrogen (secondary N) is 4. The second-order valence-electron chi connectivity index (χ2n) is 14.9. The third-order valence-corrected chi connectivity index (χ3v) is 11.9. The molecule has 3 aromatic heterocycles. The number of nitrogens with zero attached hydrogens (tertiary/aromatic N) is 4. The van der Waals surface area contributed by atoms with E-state index in [2.05, 4.69) is 32.7 Å². The SMILES string of the molecule is COC(=O)N[C@H](C(=O)N1CCC[C@H]1c1ncc(-c2ccc3c(c2)OCc2cc(-c4cnc([C@@H]5CCCN5C(=O)[C@@H](NC(=O)OC)C(C)C)[nH]4)sc2-3)[nH]1)C(C)C. The van der Waals surface area contributed by atoms with E-state index < -0.39 is 24.3 Å². The number of carbonyl (C=O) groups is 4. The van der Waals surface area contributed by atoms with Crippen molar-refractivity contribution in [1.82, 2.24) is 40.4 Å². The van der Waals surface area contributed by atoms with E-state index >= 15 is 0 Å². The number of thiophene rings is 1. The van der Waals surface area contributed by atoms with E-state index in [0.29, 0.717) is 25.5 Å². The standard InChI is InChI=1S/C39H48N8O7S/c1-20(2)31(44-38(50)52-5)36(48)46-13-7-9-27(46)34-40-17-25(42-34)22-11-12-24-29(15-22)54-19-23-16-30(55-33(23)24)26-18-41-35(43-26)28-10-8-14-47(28)37(49)32(21(3)4)45-39(51)53-6/h11-12,15-18,20-21,27-28,31-32H,7-10,13-14,19H2,1-6H3,(H,40,42)(H,41,43)(H,44,50)(H,45,51)/t27-,28-,31-,32-/m0/s1. The molecule has 55 heavy (non-hydrogen) atoms. The molecule has 0 bridgehead atoms. The lowest BCUT2D eigenvalue weighted by Gasteiger charge is -2.30. The fourth-order valence-corrected chi connectivity index (χ4v) is 8.88. The number of carbonyl (C=O) groups excluding carboxylic acids is 4. The molecular weight excluding hydrogens is 725 g/mol. The van der Waals surface area contributed by atoms with Gasteiger partial charge in [0, 0.05) is 34.7 Å². The summed E-state index contributed by atoms with van der Waals surface area (Å²) in [6, 6.07) is 6.39. The molecule has 0 radical (unpaired) electrons. The first-order valence-corrected chi connectivity index (χ1v) is 19.6. The first kappa shape index (κ1) is 37.9. The Morgan fingerprint density at radius 1 is 0.818 bits per heavy atom. The third kappa shape index (κ3) is 7.51. The van der Waals surface area contributed by atoms with Gasteiger partial charge in [-0.3, -0.25) is 9.59 Å². The number of hydrogen-bond donors (Lipinski definition) is 4. The summed E-state index contributed by atoms with van der Waals surface area (Å²) in [6.07, 6.45) is 5.56. The van der Waals surface area contributed by atoms with Crippen molar-refractivity contribution in [2.24, 2.45) is 11.8 Å². The molecule has 1 aromatic carbocycles. The smallest absolute Gasteiger partial charge is 0.407 e. The Morgan fingerprint density at radius 2 is 1.36 bits per heavy atom. The number of aromatic nitrogens is 4. The summed E-state index contributed by atoms with van der Waals surface area (Å²) in [5, 5.41) is 5.40. The number of hydrogen-bond acceptors (Lipinski definition) is 10. The highest BCUT2D eigenvalue weighted by Gasteiger charge is 2.39. The van der Waals surface area contributed by atoms with Crippen LogP contribution in [0.1, 0.15) is 82.7 Å². The molecule has 4 amide bonds. The molecule has 2 saturated heterocycles. The van der Waals surface area contributed by atoms with Crippen LogP contribution in [0.4, 0.5) is 9.59 Å². The van der Waals surface area contributed by atoms with Crippen LogP contribution in [0.5, 0.6) is 5.75 Å². The molecule has 0 spiro atoms. The normalized spacial score (nSPS) is 18.8. The second kappa shape index (κ2) is 15.8. The highest BCUT2D eigenvalue weighted by molar-refractivity contribution is 7.19. The van der Waals surface area contributed by atoms with Gasteiger partial charge < -0.3 is 44.6 Å². The first-order chi connectivity index (χ1) is 26.5. The molecule has 0 unspecified atom stereocenters. The lowest BCUT2D eigenvalue weighted by Crippen LogP contribution is -2.51. The van der Waals surface area contributed by atoms with Crippen molar-refractivity contribution in [2.75, 3.05) is 27.3 Å². The van der Waals surface area contributed by atoms with Gasteiger partial charge in [-0.15, -0.1) is 11.3 Å². The predicted molar refractivity (Wildman–Crippen MR) is 205 cm³/mol. The molecule has 7 rings (SSSR count). The van der Waals surface area contributed by atoms with Gasteiger partial charge in [-0.25, -0.2) is 19.6 Å². The van der Waals surface area contributed by atoms with Crippen molar-refractivity contribution in [3.63, 3.8) is 0 Å². The number of aromatic amines is 2. The van der Waals surface area contributed by atoms with Gasteiger partial charge in [-0.1, -0.05) is 33.8 Å². The molecule has 0 aliphatic carbocycles. The van der Waals surface area contributed by atoms with Gasteiger partial charge in [0.05, 0.1) is 55.0 Å². The number of imidazole rings is 2. The number of methoxy groups -OCH3 is 2. The fraction of sp³-hybridized carbons (Fsp3) is 0.487. The molecule has 3 aliphatic rings. The molecule has 4 aromatic rings. The van der Waals surface area contributed by atoms with Crippen LogP contribution in [-0.4, -0.2) is 93.1 Å². The van der Waals surface area contributed by atoms with Crippen LogP contribution in [0, 0.1) is 11.8 Å². The molecular formula is C39H48N8O7S. The largest absolute Gasteiger partial charge is 0.488 e. The molecule has 4 atom stereocenters. The fourth-order valence-electron chi connectivity index (χ4n) is 7.72. The first-order valence-electron chi connectivity index (χ1n) is 18.8. The van der Waals surface area contributed by atoms with Gasteiger partial charge in [0.2, 0.25) is 11.8 Å². The summed E-state index contributed by atoms with van der Waals surface area (Å²) in [7, 11) is 2.57. The lowest BCUT2D eigenvalue weighted by atomic mass is 10.0. The average molecular weight is 773 g/mol. The van der Waals surface area contributed by atoms with Gasteiger partial charge in [0.15, 0.2) is 0 Å². The Labute approximate surface area is 323 Å². The van der Waals surface area contributed by atoms with Crippen LogP contribution < -0.4 is 15.4 Å². The van der Waals surface area contributed by atoms with Crippen LogP contribution in [0.15, 0.2) is 36.7 Å². The van der Waals surface area contributed by atoms with Crippen LogP contribution in [-0.2, 0) is 25.7 Å². The maximum absolute atomic E-state index is 13.6. The minimum Gasteiger partial charge on any atom is -0.488 e. The average Bonchev–Trinajstić information content (AvgIpc) is 4.03. The van der Waals surface area contributed by atoms with Gasteiger partial charge >= 0.3 is 12.2 Å². The summed E-state index contributed by atoms with van der Waals surface area (Å²) >= 11 is 1.66. The van der Waals surface area contributed by atoms with Crippen LogP contribution in [0.2, 0.25) is 0 Å². The van der Waals surface area contributed by atoms with Crippen molar-refractivity contribution in [1.29, 1.82) is 0 Å². The number of alkyl carbamates (subject to hydrolysis) is 2. The molecule has 15 nitrogen and oxygen atoms in total. The molecule has 4 N–H and O–H groups in total. The molecule has 0 saturated carbocycles. The predicted octanol–water partition coefficient (Wildman–Crippen LogP) is 6.18. The summed E-state index contributed by atoms with van der Waals surface area (Å²) in [5.41, 5.74) is 4.67. The van der Waals surface area contributed by atoms with E-state index in [0.717, 1.165) is 75.1 Å². The van der Waals surface area contributed by atoms with Crippen molar-refractivity contribution in [3.8, 4) is 38.0 Å². The van der Waals surface area contributed by atoms with Crippen LogP contribution >= 0.6 is 11.3 Å². The van der Waals surface area contributed by atoms with Crippen molar-refractivity contribution < 1.29 is 33.4 Å². The molecule has 2 fully saturated rings. The Hall–Kier alpha value is -5.38. The van der Waals surface area contributed by atoms with E-state index in [1.807, 2.05) is 50.9 Å². The van der Waals surface area contributed by atoms with Crippen molar-refractivity contribution in [2.45, 2.75) is 84.2 Å². The number of ether oxygens (including phenoxy) is 3. The molecule has 292 valence electrons. The molecule has 6 heterocycles. The Morgan fingerprint density at radius 3 is 1.91 bits per heavy atom. The number of amides is 4. The van der Waals surface area contributed by atoms with Crippen molar-refractivity contribution >= 4 is 35.3 Å². The summed E-state index contributed by atoms with van der Waals surface area (Å²) in [4.78, 5) is 73.3. The zero-order chi connectivity index (χ0) is 39.0. The van der Waals surface area contributed by atoms with E-state index in [-0.39, 0.29) is 35.7 Å². The monoisotopic (exact) mass is 772 g/mol. The zero-order valence-corrected chi connectivity index (χ0v) is 32.7. The van der Waals surface area contributed by atoms with E-state index in [4.69, 9.17) is 24.2 Å². The Bertz CT molecular complexity index is 2070. The number of rotatable bonds is 10. The topological polar surface area (TPSA) is 184 Å². The summed E-state index contributed by atoms with van der Waals surface area (Å²) < 4.78 is 15.8. The van der Waals surface area contributed by atoms with E-state index in [9.17, 15) is 19.2 Å². The van der Waals surface area contributed by atoms with E-state index in [1.165, 1.54) is 14.2 Å².